The van der Waals surface area contributed by atoms with Crippen LogP contribution < -0.4 is 5.32 Å². The summed E-state index contributed by atoms with van der Waals surface area (Å²) in [6.45, 7) is 9.51. The molecule has 2 rings (SSSR count). The van der Waals surface area contributed by atoms with Crippen LogP contribution in [0.2, 0.25) is 25.2 Å². The van der Waals surface area contributed by atoms with Gasteiger partial charge in [-0.2, -0.15) is 0 Å². The molecule has 1 aromatic rings. The highest BCUT2D eigenvalue weighted by Crippen LogP contribution is 2.37. The summed E-state index contributed by atoms with van der Waals surface area (Å²) < 4.78 is 0. The van der Waals surface area contributed by atoms with E-state index in [1.54, 1.807) is 6.33 Å². The van der Waals surface area contributed by atoms with E-state index in [-0.39, 0.29) is 6.61 Å². The number of nitrogens with zero attached hydrogens (tertiary/aromatic N) is 2. The Labute approximate surface area is 129 Å². The van der Waals surface area contributed by atoms with Crippen molar-refractivity contribution in [3.8, 4) is 0 Å². The molecule has 0 bridgehead atoms. The summed E-state index contributed by atoms with van der Waals surface area (Å²) in [5.41, 5.74) is 2.77. The van der Waals surface area contributed by atoms with E-state index in [2.05, 4.69) is 41.8 Å². The van der Waals surface area contributed by atoms with Crippen LogP contribution in [0.25, 0.3) is 0 Å². The molecule has 0 radical (unpaired) electrons. The van der Waals surface area contributed by atoms with E-state index < -0.39 is 8.07 Å². The first kappa shape index (κ1) is 16.4. The highest BCUT2D eigenvalue weighted by atomic mass is 28.3. The van der Waals surface area contributed by atoms with E-state index in [1.165, 1.54) is 25.7 Å². The maximum absolute atomic E-state index is 9.59. The van der Waals surface area contributed by atoms with Crippen LogP contribution in [0.5, 0.6) is 0 Å². The number of aliphatic hydroxyl groups excluding tert-OH is 1. The number of hydrogen-bond donors (Lipinski definition) is 2. The predicted octanol–water partition coefficient (Wildman–Crippen LogP) is 3.59. The molecule has 1 aromatic heterocycles. The molecule has 0 atom stereocenters. The van der Waals surface area contributed by atoms with Crippen molar-refractivity contribution in [2.24, 2.45) is 0 Å². The summed E-state index contributed by atoms with van der Waals surface area (Å²) in [5.74, 6) is 0.834. The Hall–Kier alpha value is -0.943. The minimum atomic E-state index is -1.00. The minimum Gasteiger partial charge on any atom is -0.391 e. The van der Waals surface area contributed by atoms with Crippen LogP contribution in [-0.4, -0.2) is 29.2 Å². The molecule has 0 spiro atoms. The summed E-state index contributed by atoms with van der Waals surface area (Å²) in [6.07, 6.45) is 7.52. The number of nitrogens with one attached hydrogen (secondary N) is 1. The molecule has 1 fully saturated rings. The monoisotopic (exact) mass is 307 g/mol. The third-order valence-electron chi connectivity index (χ3n) is 4.82. The fourth-order valence-electron chi connectivity index (χ4n) is 3.34. The van der Waals surface area contributed by atoms with Gasteiger partial charge in [-0.3, -0.25) is 0 Å². The molecule has 0 saturated heterocycles. The van der Waals surface area contributed by atoms with Gasteiger partial charge >= 0.3 is 0 Å². The summed E-state index contributed by atoms with van der Waals surface area (Å²) in [7, 11) is -1.00. The highest BCUT2D eigenvalue weighted by Gasteiger charge is 2.31. The second-order valence-electron chi connectivity index (χ2n) is 7.22. The van der Waals surface area contributed by atoms with Crippen LogP contribution in [-0.2, 0) is 13.0 Å². The lowest BCUT2D eigenvalue weighted by Crippen LogP contribution is -2.35. The van der Waals surface area contributed by atoms with Crippen molar-refractivity contribution in [2.75, 3.05) is 5.32 Å². The standard InChI is InChI=1S/C16H29N3OSi/c1-5-15-14(10-20)16(18-11-17-15)19-12-6-8-13(9-7-12)21(2,3)4/h11-13,20H,5-10H2,1-4H3,(H,17,18,19)/t12-,13+. The molecule has 1 aliphatic rings. The van der Waals surface area contributed by atoms with Crippen LogP contribution in [0.1, 0.15) is 43.9 Å². The van der Waals surface area contributed by atoms with E-state index in [9.17, 15) is 5.11 Å². The second kappa shape index (κ2) is 6.88. The number of aliphatic hydroxyl groups is 1. The van der Waals surface area contributed by atoms with Crippen LogP contribution >= 0.6 is 0 Å². The van der Waals surface area contributed by atoms with Crippen molar-refractivity contribution in [3.05, 3.63) is 17.6 Å². The van der Waals surface area contributed by atoms with E-state index >= 15 is 0 Å². The first-order valence-electron chi connectivity index (χ1n) is 8.15. The lowest BCUT2D eigenvalue weighted by molar-refractivity contribution is 0.280. The SMILES string of the molecule is CCc1ncnc(N[C@H]2CC[C@@H]([Si](C)(C)C)CC2)c1CO. The highest BCUT2D eigenvalue weighted by molar-refractivity contribution is 6.77. The number of aromatic nitrogens is 2. The fourth-order valence-corrected chi connectivity index (χ4v) is 5.41. The molecular formula is C16H29N3OSi. The van der Waals surface area contributed by atoms with Crippen LogP contribution in [0.15, 0.2) is 6.33 Å². The van der Waals surface area contributed by atoms with E-state index in [1.807, 2.05) is 0 Å². The van der Waals surface area contributed by atoms with Gasteiger partial charge < -0.3 is 10.4 Å². The van der Waals surface area contributed by atoms with E-state index in [4.69, 9.17) is 0 Å². The Morgan fingerprint density at radius 1 is 1.19 bits per heavy atom. The fraction of sp³-hybridized carbons (Fsp3) is 0.750. The Morgan fingerprint density at radius 3 is 2.38 bits per heavy atom. The number of anilines is 1. The summed E-state index contributed by atoms with van der Waals surface area (Å²) in [4.78, 5) is 8.61. The smallest absolute Gasteiger partial charge is 0.135 e. The second-order valence-corrected chi connectivity index (χ2v) is 12.8. The van der Waals surface area contributed by atoms with Crippen molar-refractivity contribution < 1.29 is 5.11 Å². The van der Waals surface area contributed by atoms with Gasteiger partial charge in [0.2, 0.25) is 0 Å². The lowest BCUT2D eigenvalue weighted by atomic mass is 9.94. The zero-order chi connectivity index (χ0) is 15.5. The van der Waals surface area contributed by atoms with Gasteiger partial charge in [-0.15, -0.1) is 0 Å². The zero-order valence-corrected chi connectivity index (χ0v) is 14.8. The summed E-state index contributed by atoms with van der Waals surface area (Å²) >= 11 is 0. The Morgan fingerprint density at radius 2 is 1.86 bits per heavy atom. The molecule has 0 aliphatic heterocycles. The van der Waals surface area contributed by atoms with Gasteiger partial charge in [0.25, 0.3) is 0 Å². The average molecular weight is 308 g/mol. The number of rotatable bonds is 5. The van der Waals surface area contributed by atoms with Crippen molar-refractivity contribution in [2.45, 2.75) is 76.9 Å². The Balaban J connectivity index is 2.01. The summed E-state index contributed by atoms with van der Waals surface area (Å²) in [5, 5.41) is 13.1. The average Bonchev–Trinajstić information content (AvgIpc) is 2.46. The van der Waals surface area contributed by atoms with Crippen LogP contribution in [0, 0.1) is 0 Å². The van der Waals surface area contributed by atoms with Crippen LogP contribution in [0.3, 0.4) is 0 Å². The third kappa shape index (κ3) is 4.04. The molecule has 21 heavy (non-hydrogen) atoms. The third-order valence-corrected chi connectivity index (χ3v) is 7.85. The molecule has 0 unspecified atom stereocenters. The van der Waals surface area contributed by atoms with Crippen molar-refractivity contribution in [1.82, 2.24) is 9.97 Å². The predicted molar refractivity (Wildman–Crippen MR) is 90.3 cm³/mol. The van der Waals surface area contributed by atoms with Crippen molar-refractivity contribution in [3.63, 3.8) is 0 Å². The first-order chi connectivity index (χ1) is 9.95. The van der Waals surface area contributed by atoms with Gasteiger partial charge in [0.05, 0.1) is 12.3 Å². The molecule has 2 N–H and O–H groups in total. The lowest BCUT2D eigenvalue weighted by Gasteiger charge is -2.36. The topological polar surface area (TPSA) is 58.0 Å². The minimum absolute atomic E-state index is 0.0105. The Kier molecular flexibility index (Phi) is 5.38. The number of hydrogen-bond acceptors (Lipinski definition) is 4. The van der Waals surface area contributed by atoms with Gasteiger partial charge in [0.1, 0.15) is 12.1 Å². The van der Waals surface area contributed by atoms with Gasteiger partial charge in [0, 0.05) is 19.7 Å². The molecule has 118 valence electrons. The maximum Gasteiger partial charge on any atom is 0.135 e. The molecule has 0 amide bonds. The normalized spacial score (nSPS) is 23.1. The van der Waals surface area contributed by atoms with Crippen LogP contribution in [0.4, 0.5) is 5.82 Å². The molecule has 5 heteroatoms. The summed E-state index contributed by atoms with van der Waals surface area (Å²) in [6, 6.07) is 0.488. The molecule has 1 aliphatic carbocycles. The van der Waals surface area contributed by atoms with Gasteiger partial charge in [-0.25, -0.2) is 9.97 Å². The molecule has 4 nitrogen and oxygen atoms in total. The van der Waals surface area contributed by atoms with E-state index in [0.29, 0.717) is 6.04 Å². The number of aryl methyl sites for hydroxylation is 1. The quantitative estimate of drug-likeness (QED) is 0.816. The van der Waals surface area contributed by atoms with Gasteiger partial charge in [-0.05, 0) is 24.8 Å². The first-order valence-corrected chi connectivity index (χ1v) is 11.7. The molecular weight excluding hydrogens is 278 g/mol. The van der Waals surface area contributed by atoms with Crippen molar-refractivity contribution >= 4 is 13.9 Å². The van der Waals surface area contributed by atoms with Gasteiger partial charge in [0.15, 0.2) is 0 Å². The van der Waals surface area contributed by atoms with Crippen molar-refractivity contribution in [1.29, 1.82) is 0 Å². The van der Waals surface area contributed by atoms with E-state index in [0.717, 1.165) is 29.0 Å². The molecule has 1 heterocycles. The molecule has 1 saturated carbocycles. The largest absolute Gasteiger partial charge is 0.391 e. The molecule has 0 aromatic carbocycles. The zero-order valence-electron chi connectivity index (χ0n) is 13.8. The maximum atomic E-state index is 9.59. The van der Waals surface area contributed by atoms with Gasteiger partial charge in [-0.1, -0.05) is 39.4 Å². The Bertz CT molecular complexity index is 465.